The molecule has 0 bridgehead atoms. The van der Waals surface area contributed by atoms with Gasteiger partial charge in [0.15, 0.2) is 0 Å². The number of hydrogen-bond acceptors (Lipinski definition) is 5. The minimum Gasteiger partial charge on any atom is -0.509 e. The summed E-state index contributed by atoms with van der Waals surface area (Å²) in [5.74, 6) is 1.99. The molecule has 2 aromatic heterocycles. The molecule has 0 fully saturated rings. The summed E-state index contributed by atoms with van der Waals surface area (Å²) in [7, 11) is 0. The zero-order valence-electron chi connectivity index (χ0n) is 28.0. The molecule has 7 rings (SSSR count). The smallest absolute Gasteiger partial charge is 0.124 e. The molecule has 6 aromatic rings. The molecule has 0 saturated heterocycles. The van der Waals surface area contributed by atoms with Crippen LogP contribution in [0.3, 0.4) is 0 Å². The molecule has 1 aliphatic rings. The van der Waals surface area contributed by atoms with Crippen molar-refractivity contribution in [2.24, 2.45) is 0 Å². The van der Waals surface area contributed by atoms with E-state index in [0.29, 0.717) is 11.5 Å². The maximum Gasteiger partial charge on any atom is 0.124 e. The summed E-state index contributed by atoms with van der Waals surface area (Å²) in [5.41, 5.74) is 8.49. The summed E-state index contributed by atoms with van der Waals surface area (Å²) in [6.07, 6.45) is 5.69. The Morgan fingerprint density at radius 3 is 2.08 bits per heavy atom. The van der Waals surface area contributed by atoms with Crippen LogP contribution >= 0.6 is 0 Å². The van der Waals surface area contributed by atoms with Crippen LogP contribution in [0.2, 0.25) is 0 Å². The van der Waals surface area contributed by atoms with Crippen molar-refractivity contribution in [1.29, 1.82) is 0 Å². The van der Waals surface area contributed by atoms with Crippen molar-refractivity contribution >= 4 is 22.9 Å². The maximum absolute atomic E-state index is 6.31. The molecule has 0 amide bonds. The van der Waals surface area contributed by atoms with E-state index in [0.717, 1.165) is 39.7 Å². The number of ether oxygens (including phenoxy) is 1. The Morgan fingerprint density at radius 1 is 0.667 bits per heavy atom. The van der Waals surface area contributed by atoms with Gasteiger partial charge in [-0.05, 0) is 51.4 Å². The fourth-order valence-electron chi connectivity index (χ4n) is 5.79. The van der Waals surface area contributed by atoms with Crippen LogP contribution < -0.4 is 14.5 Å². The van der Waals surface area contributed by atoms with E-state index in [4.69, 9.17) is 9.72 Å². The number of fused-ring (bicyclic) bond motifs is 1. The predicted molar refractivity (Wildman–Crippen MR) is 190 cm³/mol. The van der Waals surface area contributed by atoms with Crippen LogP contribution in [0.5, 0.6) is 11.5 Å². The molecule has 0 radical (unpaired) electrons. The standard InChI is InChI=1S/C41H38N5O.Pt/c1-40(2,3)31-20-21-37(36(23-31)41(4,5)6)45-28-44(39-38(45)19-12-22-42-39)32-15-10-17-34(24-32)47-35-18-11-16-33(25-35)46-27-30(26-43-46)29-13-8-7-9-14-29;/h7-23,26-28H,1-6H3;/q-3;. The third-order valence-corrected chi connectivity index (χ3v) is 8.34. The van der Waals surface area contributed by atoms with Crippen molar-refractivity contribution in [2.45, 2.75) is 52.4 Å². The molecule has 0 N–H and O–H groups in total. The second kappa shape index (κ2) is 13.1. The monoisotopic (exact) mass is 811 g/mol. The van der Waals surface area contributed by atoms with Gasteiger partial charge >= 0.3 is 0 Å². The number of nitrogens with zero attached hydrogens (tertiary/aromatic N) is 5. The van der Waals surface area contributed by atoms with E-state index in [9.17, 15) is 0 Å². The van der Waals surface area contributed by atoms with Crippen molar-refractivity contribution in [3.63, 3.8) is 0 Å². The van der Waals surface area contributed by atoms with E-state index in [2.05, 4.69) is 112 Å². The van der Waals surface area contributed by atoms with E-state index in [1.165, 1.54) is 11.1 Å². The van der Waals surface area contributed by atoms with Crippen LogP contribution in [0.15, 0.2) is 116 Å². The summed E-state index contributed by atoms with van der Waals surface area (Å²) >= 11 is 0. The van der Waals surface area contributed by atoms with Gasteiger partial charge < -0.3 is 14.5 Å². The largest absolute Gasteiger partial charge is 0.509 e. The third kappa shape index (κ3) is 6.68. The molecule has 48 heavy (non-hydrogen) atoms. The van der Waals surface area contributed by atoms with E-state index in [1.54, 1.807) is 0 Å². The number of anilines is 4. The van der Waals surface area contributed by atoms with Crippen LogP contribution in [0.25, 0.3) is 16.8 Å². The number of hydrogen-bond donors (Lipinski definition) is 0. The fourth-order valence-corrected chi connectivity index (χ4v) is 5.79. The Kier molecular flexibility index (Phi) is 9.06. The Balaban J connectivity index is 0.00000401. The Labute approximate surface area is 298 Å². The van der Waals surface area contributed by atoms with Crippen molar-refractivity contribution in [3.05, 3.63) is 146 Å². The first kappa shape index (κ1) is 33.2. The van der Waals surface area contributed by atoms with Gasteiger partial charge in [0.1, 0.15) is 5.82 Å². The van der Waals surface area contributed by atoms with E-state index < -0.39 is 0 Å². The van der Waals surface area contributed by atoms with Gasteiger partial charge in [-0.15, -0.1) is 43.1 Å². The second-order valence-corrected chi connectivity index (χ2v) is 13.9. The molecule has 7 heteroatoms. The molecule has 3 heterocycles. The molecule has 6 nitrogen and oxygen atoms in total. The summed E-state index contributed by atoms with van der Waals surface area (Å²) < 4.78 is 8.12. The molecular weight excluding hydrogens is 774 g/mol. The summed E-state index contributed by atoms with van der Waals surface area (Å²) in [4.78, 5) is 9.11. The van der Waals surface area contributed by atoms with Crippen LogP contribution in [0.4, 0.5) is 22.9 Å². The second-order valence-electron chi connectivity index (χ2n) is 13.9. The molecule has 4 aromatic carbocycles. The van der Waals surface area contributed by atoms with Crippen LogP contribution in [-0.4, -0.2) is 14.8 Å². The van der Waals surface area contributed by atoms with Crippen LogP contribution in [-0.2, 0) is 31.9 Å². The van der Waals surface area contributed by atoms with Gasteiger partial charge in [-0.1, -0.05) is 89.7 Å². The Bertz CT molecular complexity index is 2040. The minimum absolute atomic E-state index is 0. The Hall–Kier alpha value is -4.67. The molecule has 0 atom stereocenters. The van der Waals surface area contributed by atoms with Gasteiger partial charge in [0.25, 0.3) is 0 Å². The fraction of sp³-hybridized carbons (Fsp3) is 0.195. The summed E-state index contributed by atoms with van der Waals surface area (Å²) in [5, 5.41) is 4.57. The molecule has 0 saturated carbocycles. The first-order valence-corrected chi connectivity index (χ1v) is 15.9. The minimum atomic E-state index is -0.0650. The van der Waals surface area contributed by atoms with E-state index in [1.807, 2.05) is 83.9 Å². The molecule has 0 aliphatic carbocycles. The normalized spacial score (nSPS) is 12.9. The number of aromatic nitrogens is 3. The van der Waals surface area contributed by atoms with Gasteiger partial charge in [0, 0.05) is 56.2 Å². The topological polar surface area (TPSA) is 46.4 Å². The van der Waals surface area contributed by atoms with Crippen molar-refractivity contribution in [3.8, 4) is 28.3 Å². The van der Waals surface area contributed by atoms with Gasteiger partial charge in [0.2, 0.25) is 0 Å². The van der Waals surface area contributed by atoms with Crippen molar-refractivity contribution < 1.29 is 25.8 Å². The Morgan fingerprint density at radius 2 is 1.38 bits per heavy atom. The van der Waals surface area contributed by atoms with Crippen molar-refractivity contribution in [2.75, 3.05) is 9.80 Å². The third-order valence-electron chi connectivity index (χ3n) is 8.34. The maximum atomic E-state index is 6.31. The van der Waals surface area contributed by atoms with Gasteiger partial charge in [-0.25, -0.2) is 4.98 Å². The quantitative estimate of drug-likeness (QED) is 0.157. The SMILES string of the molecule is CC(C)(C)c1ccc(N2[CH-]N(c3[c-]c(Oc4[c-]c(-n5cc(-c6ccccc6)cn5)ccc4)ccc3)c3ncccc32)c(C(C)(C)C)c1.[Pt]. The van der Waals surface area contributed by atoms with E-state index in [-0.39, 0.29) is 31.9 Å². The number of benzene rings is 4. The zero-order valence-corrected chi connectivity index (χ0v) is 30.3. The predicted octanol–water partition coefficient (Wildman–Crippen LogP) is 10.3. The van der Waals surface area contributed by atoms with Crippen LogP contribution in [0.1, 0.15) is 52.7 Å². The van der Waals surface area contributed by atoms with Crippen molar-refractivity contribution in [1.82, 2.24) is 14.8 Å². The zero-order chi connectivity index (χ0) is 32.8. The first-order valence-electron chi connectivity index (χ1n) is 15.9. The average molecular weight is 812 g/mol. The summed E-state index contributed by atoms with van der Waals surface area (Å²) in [6, 6.07) is 39.7. The first-order chi connectivity index (χ1) is 22.5. The molecule has 1 aliphatic heterocycles. The molecular formula is C41H38N5OPt-3. The number of pyridine rings is 1. The molecule has 246 valence electrons. The van der Waals surface area contributed by atoms with E-state index >= 15 is 0 Å². The number of rotatable bonds is 6. The molecule has 0 unspecified atom stereocenters. The van der Waals surface area contributed by atoms with Gasteiger partial charge in [-0.2, -0.15) is 17.2 Å². The van der Waals surface area contributed by atoms with Crippen LogP contribution in [0, 0.1) is 18.8 Å². The molecule has 0 spiro atoms. The summed E-state index contributed by atoms with van der Waals surface area (Å²) in [6.45, 7) is 15.7. The van der Waals surface area contributed by atoms with Gasteiger partial charge in [0.05, 0.1) is 11.9 Å². The van der Waals surface area contributed by atoms with Gasteiger partial charge in [-0.3, -0.25) is 4.68 Å². The average Bonchev–Trinajstić information content (AvgIpc) is 3.71.